The molecule has 1 aromatic heterocycles. The van der Waals surface area contributed by atoms with Crippen LogP contribution in [0.4, 0.5) is 28.6 Å². The number of pyridine rings is 1. The summed E-state index contributed by atoms with van der Waals surface area (Å²) in [7, 11) is -1.03. The van der Waals surface area contributed by atoms with E-state index in [1.807, 2.05) is 43.1 Å². The van der Waals surface area contributed by atoms with Crippen LogP contribution in [0.5, 0.6) is 5.75 Å². The number of carbonyl (C=O) groups excluding carboxylic acids is 2. The van der Waals surface area contributed by atoms with E-state index in [0.29, 0.717) is 60.1 Å². The van der Waals surface area contributed by atoms with Crippen LogP contribution in [-0.2, 0) is 9.09 Å². The zero-order valence-electron chi connectivity index (χ0n) is 23.0. The molecule has 1 atom stereocenters. The quantitative estimate of drug-likeness (QED) is 0.346. The maximum absolute atomic E-state index is 13.3. The molecule has 3 aromatic rings. The summed E-state index contributed by atoms with van der Waals surface area (Å²) in [5, 5.41) is 3.28. The second-order valence-corrected chi connectivity index (χ2v) is 11.1. The Labute approximate surface area is 237 Å². The predicted octanol–water partition coefficient (Wildman–Crippen LogP) is 4.30. The van der Waals surface area contributed by atoms with Gasteiger partial charge in [-0.05, 0) is 50.1 Å². The lowest BCUT2D eigenvalue weighted by molar-refractivity contribution is 0.0442. The van der Waals surface area contributed by atoms with Gasteiger partial charge in [0.2, 0.25) is 0 Å². The molecule has 12 nitrogen and oxygen atoms in total. The van der Waals surface area contributed by atoms with Crippen LogP contribution in [0.2, 0.25) is 0 Å². The molecule has 3 N–H and O–H groups in total. The maximum atomic E-state index is 13.3. The summed E-state index contributed by atoms with van der Waals surface area (Å²) in [6, 6.07) is 14.3. The van der Waals surface area contributed by atoms with E-state index in [9.17, 15) is 14.2 Å². The SMILES string of the molecule is CCOc1cc(C(=O)N2CCC[C@H](OP(=O)(O)O)C2)ccc1Nc1cc2c(cn1)N(C)C(=O)c1ccccc1N2C. The fourth-order valence-electron chi connectivity index (χ4n) is 5.16. The van der Waals surface area contributed by atoms with Crippen molar-refractivity contribution < 1.29 is 33.2 Å². The molecule has 0 bridgehead atoms. The number of carbonyl (C=O) groups is 2. The largest absolute Gasteiger partial charge is 0.492 e. The molecule has 3 heterocycles. The van der Waals surface area contributed by atoms with Gasteiger partial charge < -0.3 is 34.5 Å². The molecule has 0 radical (unpaired) electrons. The molecule has 0 aliphatic carbocycles. The number of nitrogens with one attached hydrogen (secondary N) is 1. The molecule has 5 rings (SSSR count). The van der Waals surface area contributed by atoms with Crippen LogP contribution >= 0.6 is 7.82 Å². The first-order valence-electron chi connectivity index (χ1n) is 13.2. The number of benzene rings is 2. The summed E-state index contributed by atoms with van der Waals surface area (Å²) in [4.78, 5) is 54.3. The number of fused-ring (bicyclic) bond motifs is 2. The fourth-order valence-corrected chi connectivity index (χ4v) is 5.72. The van der Waals surface area contributed by atoms with Gasteiger partial charge in [-0.25, -0.2) is 9.55 Å². The fraction of sp³-hybridized carbons (Fsp3) is 0.321. The normalized spacial score (nSPS) is 17.0. The highest BCUT2D eigenvalue weighted by molar-refractivity contribution is 7.46. The van der Waals surface area contributed by atoms with Crippen LogP contribution in [0.15, 0.2) is 54.7 Å². The molecule has 2 aliphatic rings. The first-order valence-corrected chi connectivity index (χ1v) is 14.8. The highest BCUT2D eigenvalue weighted by Crippen LogP contribution is 2.41. The predicted molar refractivity (Wildman–Crippen MR) is 154 cm³/mol. The van der Waals surface area contributed by atoms with Crippen molar-refractivity contribution in [2.45, 2.75) is 25.9 Å². The van der Waals surface area contributed by atoms with Gasteiger partial charge >= 0.3 is 7.82 Å². The topological polar surface area (TPSA) is 145 Å². The summed E-state index contributed by atoms with van der Waals surface area (Å²) in [5.41, 5.74) is 3.79. The molecule has 2 aliphatic heterocycles. The van der Waals surface area contributed by atoms with Crippen molar-refractivity contribution in [1.29, 1.82) is 0 Å². The van der Waals surface area contributed by atoms with E-state index in [1.54, 1.807) is 42.4 Å². The molecule has 1 saturated heterocycles. The number of ether oxygens (including phenoxy) is 1. The van der Waals surface area contributed by atoms with Crippen molar-refractivity contribution in [2.75, 3.05) is 48.9 Å². The third-order valence-electron chi connectivity index (χ3n) is 7.13. The number of anilines is 5. The van der Waals surface area contributed by atoms with Crippen molar-refractivity contribution in [3.05, 3.63) is 65.9 Å². The zero-order valence-corrected chi connectivity index (χ0v) is 23.9. The zero-order chi connectivity index (χ0) is 29.3. The first kappa shape index (κ1) is 28.6. The van der Waals surface area contributed by atoms with Crippen molar-refractivity contribution in [1.82, 2.24) is 9.88 Å². The van der Waals surface area contributed by atoms with Gasteiger partial charge in [-0.2, -0.15) is 0 Å². The molecular formula is C28H32N5O7P. The molecule has 0 unspecified atom stereocenters. The van der Waals surface area contributed by atoms with Crippen molar-refractivity contribution in [3.63, 3.8) is 0 Å². The Morgan fingerprint density at radius 3 is 2.63 bits per heavy atom. The Morgan fingerprint density at radius 1 is 1.10 bits per heavy atom. The molecule has 0 spiro atoms. The van der Waals surface area contributed by atoms with E-state index >= 15 is 0 Å². The van der Waals surface area contributed by atoms with E-state index in [4.69, 9.17) is 19.0 Å². The number of rotatable bonds is 7. The lowest BCUT2D eigenvalue weighted by atomic mass is 10.1. The van der Waals surface area contributed by atoms with Crippen LogP contribution in [0, 0.1) is 0 Å². The Bertz CT molecular complexity index is 1530. The Hall–Kier alpha value is -3.96. The molecular weight excluding hydrogens is 549 g/mol. The van der Waals surface area contributed by atoms with E-state index in [0.717, 1.165) is 11.4 Å². The summed E-state index contributed by atoms with van der Waals surface area (Å²) in [6.07, 6.45) is 1.93. The van der Waals surface area contributed by atoms with E-state index in [2.05, 4.69) is 10.3 Å². The van der Waals surface area contributed by atoms with Crippen LogP contribution in [-0.4, -0.2) is 71.4 Å². The van der Waals surface area contributed by atoms with Gasteiger partial charge in [-0.15, -0.1) is 0 Å². The van der Waals surface area contributed by atoms with Gasteiger partial charge in [-0.1, -0.05) is 12.1 Å². The van der Waals surface area contributed by atoms with E-state index in [-0.39, 0.29) is 18.4 Å². The minimum atomic E-state index is -4.65. The second-order valence-electron chi connectivity index (χ2n) is 9.88. The standard InChI is InChI=1S/C28H32N5O7P/c1-4-39-25-14-18(27(34)33-13-7-8-19(17-33)40-41(36,37)38)11-12-21(25)30-26-15-23-24(16-29-26)32(3)28(35)20-9-5-6-10-22(20)31(23)2/h5-6,9-12,14-16,19H,4,7-8,13,17H2,1-3H3,(H,29,30)(H2,36,37,38)/t19-/m0/s1. The third kappa shape index (κ3) is 6.06. The van der Waals surface area contributed by atoms with Crippen LogP contribution in [0.3, 0.4) is 0 Å². The number of piperidine rings is 1. The maximum Gasteiger partial charge on any atom is 0.469 e. The number of hydrogen-bond acceptors (Lipinski definition) is 8. The number of phosphoric ester groups is 1. The number of amides is 2. The van der Waals surface area contributed by atoms with Crippen molar-refractivity contribution in [2.24, 2.45) is 0 Å². The monoisotopic (exact) mass is 581 g/mol. The number of para-hydroxylation sites is 1. The van der Waals surface area contributed by atoms with Crippen molar-refractivity contribution >= 4 is 48.2 Å². The van der Waals surface area contributed by atoms with Crippen LogP contribution in [0.1, 0.15) is 40.5 Å². The van der Waals surface area contributed by atoms with Crippen LogP contribution in [0.25, 0.3) is 0 Å². The average Bonchev–Trinajstić information content (AvgIpc) is 3.02. The Balaban J connectivity index is 1.40. The van der Waals surface area contributed by atoms with Gasteiger partial charge in [0.25, 0.3) is 11.8 Å². The Morgan fingerprint density at radius 2 is 1.88 bits per heavy atom. The number of likely N-dealkylation sites (tertiary alicyclic amines) is 1. The average molecular weight is 582 g/mol. The summed E-state index contributed by atoms with van der Waals surface area (Å²) >= 11 is 0. The number of aromatic nitrogens is 1. The second kappa shape index (κ2) is 11.5. The first-order chi connectivity index (χ1) is 19.6. The minimum absolute atomic E-state index is 0.0839. The molecule has 2 amide bonds. The van der Waals surface area contributed by atoms with E-state index in [1.165, 1.54) is 4.90 Å². The van der Waals surface area contributed by atoms with Gasteiger partial charge in [0.1, 0.15) is 11.6 Å². The molecule has 1 fully saturated rings. The summed E-state index contributed by atoms with van der Waals surface area (Å²) in [6.45, 7) is 2.74. The van der Waals surface area contributed by atoms with Gasteiger partial charge in [0.15, 0.2) is 0 Å². The highest BCUT2D eigenvalue weighted by Gasteiger charge is 2.31. The Kier molecular flexibility index (Phi) is 8.01. The molecule has 13 heteroatoms. The number of nitrogens with zero attached hydrogens (tertiary/aromatic N) is 4. The highest BCUT2D eigenvalue weighted by atomic mass is 31.2. The summed E-state index contributed by atoms with van der Waals surface area (Å²) < 4.78 is 22.0. The minimum Gasteiger partial charge on any atom is -0.492 e. The number of phosphoric acid groups is 1. The number of hydrogen-bond donors (Lipinski definition) is 3. The molecule has 0 saturated carbocycles. The molecule has 41 heavy (non-hydrogen) atoms. The third-order valence-corrected chi connectivity index (χ3v) is 7.70. The molecule has 216 valence electrons. The smallest absolute Gasteiger partial charge is 0.469 e. The van der Waals surface area contributed by atoms with Crippen molar-refractivity contribution in [3.8, 4) is 5.75 Å². The molecule has 2 aromatic carbocycles. The van der Waals surface area contributed by atoms with Gasteiger partial charge in [0, 0.05) is 38.8 Å². The summed E-state index contributed by atoms with van der Waals surface area (Å²) in [5.74, 6) is 0.555. The van der Waals surface area contributed by atoms with Gasteiger partial charge in [-0.3, -0.25) is 14.1 Å². The lowest BCUT2D eigenvalue weighted by Crippen LogP contribution is -2.42. The van der Waals surface area contributed by atoms with Gasteiger partial charge in [0.05, 0.1) is 47.2 Å². The lowest BCUT2D eigenvalue weighted by Gasteiger charge is -2.32. The van der Waals surface area contributed by atoms with E-state index < -0.39 is 13.9 Å². The van der Waals surface area contributed by atoms with Crippen LogP contribution < -0.4 is 19.9 Å².